The van der Waals surface area contributed by atoms with E-state index in [4.69, 9.17) is 0 Å². The summed E-state index contributed by atoms with van der Waals surface area (Å²) in [5.41, 5.74) is 0.998. The summed E-state index contributed by atoms with van der Waals surface area (Å²) in [6, 6.07) is 8.83. The maximum atomic E-state index is 13.0. The summed E-state index contributed by atoms with van der Waals surface area (Å²) in [6.07, 6.45) is 6.65. The largest absolute Gasteiger partial charge is 0.336 e. The third kappa shape index (κ3) is 4.35. The van der Waals surface area contributed by atoms with Gasteiger partial charge in [0.15, 0.2) is 11.0 Å². The van der Waals surface area contributed by atoms with Crippen LogP contribution < -0.4 is 0 Å². The minimum Gasteiger partial charge on any atom is -0.336 e. The zero-order valence-corrected chi connectivity index (χ0v) is 18.5. The lowest BCUT2D eigenvalue weighted by atomic mass is 10.2. The fourth-order valence-electron chi connectivity index (χ4n) is 3.62. The molecule has 0 radical (unpaired) electrons. The van der Waals surface area contributed by atoms with Crippen molar-refractivity contribution >= 4 is 33.6 Å². The second kappa shape index (κ2) is 8.41. The minimum atomic E-state index is 0.227. The summed E-state index contributed by atoms with van der Waals surface area (Å²) in [5.74, 6) is 2.13. The highest BCUT2D eigenvalue weighted by Gasteiger charge is 2.41. The van der Waals surface area contributed by atoms with Gasteiger partial charge in [0.05, 0.1) is 5.75 Å². The van der Waals surface area contributed by atoms with Crippen LogP contribution in [-0.2, 0) is 11.3 Å². The summed E-state index contributed by atoms with van der Waals surface area (Å²) in [7, 11) is 0. The van der Waals surface area contributed by atoms with E-state index in [1.165, 1.54) is 24.6 Å². The molecule has 2 aliphatic rings. The molecule has 0 spiro atoms. The molecule has 0 bridgehead atoms. The number of rotatable bonds is 9. The molecule has 2 aliphatic carbocycles. The van der Waals surface area contributed by atoms with Crippen molar-refractivity contribution in [3.63, 3.8) is 0 Å². The number of carbonyl (C=O) groups excluding carboxylic acids is 1. The summed E-state index contributed by atoms with van der Waals surface area (Å²) < 4.78 is 3.05. The van der Waals surface area contributed by atoms with E-state index in [0.29, 0.717) is 30.3 Å². The fourth-order valence-corrected chi connectivity index (χ4v) is 4.71. The molecule has 7 heteroatoms. The van der Waals surface area contributed by atoms with Gasteiger partial charge in [-0.1, -0.05) is 45.9 Å². The van der Waals surface area contributed by atoms with Gasteiger partial charge in [-0.25, -0.2) is 0 Å². The van der Waals surface area contributed by atoms with Crippen molar-refractivity contribution in [2.24, 2.45) is 5.92 Å². The number of hydrogen-bond donors (Lipinski definition) is 0. The number of amides is 1. The van der Waals surface area contributed by atoms with Crippen molar-refractivity contribution in [1.29, 1.82) is 0 Å². The smallest absolute Gasteiger partial charge is 0.233 e. The second-order valence-corrected chi connectivity index (χ2v) is 9.47. The van der Waals surface area contributed by atoms with Gasteiger partial charge in [-0.2, -0.15) is 0 Å². The highest BCUT2D eigenvalue weighted by atomic mass is 79.9. The average molecular weight is 461 g/mol. The molecule has 2 saturated carbocycles. The van der Waals surface area contributed by atoms with Gasteiger partial charge in [0.1, 0.15) is 0 Å². The molecule has 1 amide bonds. The Morgan fingerprint density at radius 3 is 2.64 bits per heavy atom. The third-order valence-electron chi connectivity index (χ3n) is 5.43. The van der Waals surface area contributed by atoms with Crippen LogP contribution in [0, 0.1) is 5.92 Å². The number of aromatic nitrogens is 3. The van der Waals surface area contributed by atoms with Crippen LogP contribution in [0.3, 0.4) is 0 Å². The van der Waals surface area contributed by atoms with Crippen molar-refractivity contribution in [3.8, 4) is 11.4 Å². The lowest BCUT2D eigenvalue weighted by Crippen LogP contribution is -2.42. The van der Waals surface area contributed by atoms with E-state index in [-0.39, 0.29) is 5.91 Å². The van der Waals surface area contributed by atoms with Crippen LogP contribution >= 0.6 is 27.7 Å². The number of thioether (sulfide) groups is 1. The van der Waals surface area contributed by atoms with Crippen LogP contribution in [0.15, 0.2) is 46.5 Å². The molecule has 4 rings (SSSR count). The Labute approximate surface area is 178 Å². The first-order valence-corrected chi connectivity index (χ1v) is 11.6. The number of benzene rings is 1. The predicted octanol–water partition coefficient (Wildman–Crippen LogP) is 4.78. The van der Waals surface area contributed by atoms with Crippen LogP contribution in [0.2, 0.25) is 0 Å². The average Bonchev–Trinajstić information content (AvgIpc) is 3.60. The van der Waals surface area contributed by atoms with Gasteiger partial charge in [-0.05, 0) is 50.7 Å². The van der Waals surface area contributed by atoms with Crippen molar-refractivity contribution in [1.82, 2.24) is 19.7 Å². The van der Waals surface area contributed by atoms with Gasteiger partial charge in [0.2, 0.25) is 5.91 Å². The summed E-state index contributed by atoms with van der Waals surface area (Å²) in [6.45, 7) is 6.69. The first-order chi connectivity index (χ1) is 13.6. The number of hydrogen-bond acceptors (Lipinski definition) is 4. The molecule has 1 heterocycles. The SMILES string of the molecule is C=CCn1c(SCC(=O)N(C2CC2)C(C)C2CC2)nnc1-c1ccc(Br)cc1. The highest BCUT2D eigenvalue weighted by Crippen LogP contribution is 2.40. The van der Waals surface area contributed by atoms with Crippen LogP contribution in [0.5, 0.6) is 0 Å². The standard InChI is InChI=1S/C21H25BrN4OS/c1-3-12-25-20(16-6-8-17(22)9-7-16)23-24-21(25)28-13-19(27)26(18-10-11-18)14(2)15-4-5-15/h3,6-9,14-15,18H,1,4-5,10-13H2,2H3. The zero-order chi connectivity index (χ0) is 19.7. The van der Waals surface area contributed by atoms with E-state index in [1.807, 2.05) is 34.9 Å². The molecule has 1 atom stereocenters. The minimum absolute atomic E-state index is 0.227. The fraction of sp³-hybridized carbons (Fsp3) is 0.476. The summed E-state index contributed by atoms with van der Waals surface area (Å²) >= 11 is 4.94. The third-order valence-corrected chi connectivity index (χ3v) is 6.91. The Bertz CT molecular complexity index is 858. The topological polar surface area (TPSA) is 51.0 Å². The lowest BCUT2D eigenvalue weighted by Gasteiger charge is -2.29. The Balaban J connectivity index is 1.48. The molecular formula is C21H25BrN4OS. The van der Waals surface area contributed by atoms with Crippen LogP contribution in [0.1, 0.15) is 32.6 Å². The molecule has 1 aromatic carbocycles. The van der Waals surface area contributed by atoms with Gasteiger partial charge in [0, 0.05) is 28.7 Å². The molecular weight excluding hydrogens is 436 g/mol. The molecule has 1 unspecified atom stereocenters. The maximum absolute atomic E-state index is 13.0. The maximum Gasteiger partial charge on any atom is 0.233 e. The van der Waals surface area contributed by atoms with Crippen molar-refractivity contribution in [2.75, 3.05) is 5.75 Å². The quantitative estimate of drug-likeness (QED) is 0.399. The second-order valence-electron chi connectivity index (χ2n) is 7.61. The number of allylic oxidation sites excluding steroid dienone is 1. The van der Waals surface area contributed by atoms with Gasteiger partial charge >= 0.3 is 0 Å². The molecule has 0 saturated heterocycles. The van der Waals surface area contributed by atoms with Crippen LogP contribution in [0.25, 0.3) is 11.4 Å². The summed E-state index contributed by atoms with van der Waals surface area (Å²) in [5, 5.41) is 9.51. The number of nitrogens with zero attached hydrogens (tertiary/aromatic N) is 4. The van der Waals surface area contributed by atoms with Crippen molar-refractivity contribution in [2.45, 2.75) is 56.4 Å². The predicted molar refractivity (Wildman–Crippen MR) is 116 cm³/mol. The number of halogens is 1. The molecule has 0 N–H and O–H groups in total. The molecule has 2 fully saturated rings. The Hall–Kier alpha value is -1.60. The lowest BCUT2D eigenvalue weighted by molar-refractivity contribution is -0.131. The molecule has 5 nitrogen and oxygen atoms in total. The molecule has 0 aliphatic heterocycles. The molecule has 148 valence electrons. The van der Waals surface area contributed by atoms with E-state index in [0.717, 1.165) is 33.9 Å². The van der Waals surface area contributed by atoms with Gasteiger partial charge < -0.3 is 4.90 Å². The van der Waals surface area contributed by atoms with Crippen molar-refractivity contribution in [3.05, 3.63) is 41.4 Å². The van der Waals surface area contributed by atoms with E-state index in [9.17, 15) is 4.79 Å². The number of carbonyl (C=O) groups is 1. The summed E-state index contributed by atoms with van der Waals surface area (Å²) in [4.78, 5) is 15.1. The monoisotopic (exact) mass is 460 g/mol. The Morgan fingerprint density at radius 2 is 2.04 bits per heavy atom. The normalized spacial score (nSPS) is 17.4. The zero-order valence-electron chi connectivity index (χ0n) is 16.1. The molecule has 28 heavy (non-hydrogen) atoms. The van der Waals surface area contributed by atoms with E-state index in [1.54, 1.807) is 0 Å². The van der Waals surface area contributed by atoms with Crippen LogP contribution in [0.4, 0.5) is 0 Å². The van der Waals surface area contributed by atoms with E-state index in [2.05, 4.69) is 44.5 Å². The van der Waals surface area contributed by atoms with Crippen LogP contribution in [-0.4, -0.2) is 43.4 Å². The Kier molecular flexibility index (Phi) is 5.92. The van der Waals surface area contributed by atoms with Gasteiger partial charge in [0.25, 0.3) is 0 Å². The first kappa shape index (κ1) is 19.7. The van der Waals surface area contributed by atoms with E-state index < -0.39 is 0 Å². The Morgan fingerprint density at radius 1 is 1.32 bits per heavy atom. The van der Waals surface area contributed by atoms with Gasteiger partial charge in [-0.15, -0.1) is 16.8 Å². The van der Waals surface area contributed by atoms with E-state index >= 15 is 0 Å². The van der Waals surface area contributed by atoms with Crippen molar-refractivity contribution < 1.29 is 4.79 Å². The highest BCUT2D eigenvalue weighted by molar-refractivity contribution is 9.10. The first-order valence-electron chi connectivity index (χ1n) is 9.82. The molecule has 1 aromatic heterocycles. The molecule has 2 aromatic rings. The van der Waals surface area contributed by atoms with Gasteiger partial charge in [-0.3, -0.25) is 9.36 Å².